The van der Waals surface area contributed by atoms with E-state index in [2.05, 4.69) is 14.9 Å². The minimum absolute atomic E-state index is 0.125. The maximum absolute atomic E-state index is 10.9. The van der Waals surface area contributed by atoms with Gasteiger partial charge in [0.1, 0.15) is 0 Å². The summed E-state index contributed by atoms with van der Waals surface area (Å²) in [6.07, 6.45) is 1.82. The highest BCUT2D eigenvalue weighted by Crippen LogP contribution is 2.02. The quantitative estimate of drug-likeness (QED) is 0.468. The van der Waals surface area contributed by atoms with Crippen molar-refractivity contribution < 1.29 is 18.8 Å². The first-order valence-electron chi connectivity index (χ1n) is 4.45. The molecular weight excluding hydrogens is 202 g/mol. The third kappa shape index (κ3) is 2.59. The lowest BCUT2D eigenvalue weighted by atomic mass is 10.3. The molecule has 1 aliphatic heterocycles. The van der Waals surface area contributed by atoms with Crippen molar-refractivity contribution in [1.82, 2.24) is 15.0 Å². The number of cyclic esters (lactones) is 2. The molecule has 0 aromatic carbocycles. The second-order valence-corrected chi connectivity index (χ2v) is 3.14. The van der Waals surface area contributed by atoms with E-state index in [1.807, 2.05) is 0 Å². The summed E-state index contributed by atoms with van der Waals surface area (Å²) in [7, 11) is 0. The van der Waals surface area contributed by atoms with Crippen molar-refractivity contribution in [3.05, 3.63) is 12.2 Å². The molecule has 1 aliphatic rings. The second-order valence-electron chi connectivity index (χ2n) is 3.14. The van der Waals surface area contributed by atoms with E-state index in [4.69, 9.17) is 4.52 Å². The van der Waals surface area contributed by atoms with Crippen molar-refractivity contribution in [1.29, 1.82) is 0 Å². The van der Waals surface area contributed by atoms with Crippen molar-refractivity contribution in [2.24, 2.45) is 0 Å². The number of hydrogen-bond donors (Lipinski definition) is 0. The van der Waals surface area contributed by atoms with Crippen molar-refractivity contribution in [2.45, 2.75) is 6.42 Å². The summed E-state index contributed by atoms with van der Waals surface area (Å²) < 4.78 is 9.17. The van der Waals surface area contributed by atoms with Crippen molar-refractivity contribution in [3.8, 4) is 0 Å². The largest absolute Gasteiger partial charge is 0.391 e. The Balaban J connectivity index is 1.84. The highest BCUT2D eigenvalue weighted by atomic mass is 16.6. The predicted octanol–water partition coefficient (Wildman–Crippen LogP) is -1.00. The van der Waals surface area contributed by atoms with E-state index in [0.717, 1.165) is 0 Å². The van der Waals surface area contributed by atoms with Gasteiger partial charge in [-0.25, -0.2) is 0 Å². The first-order valence-corrected chi connectivity index (χ1v) is 4.45. The van der Waals surface area contributed by atoms with Crippen molar-refractivity contribution >= 4 is 11.9 Å². The van der Waals surface area contributed by atoms with Gasteiger partial charge in [-0.3, -0.25) is 14.5 Å². The molecule has 0 atom stereocenters. The van der Waals surface area contributed by atoms with Crippen LogP contribution in [-0.4, -0.2) is 46.6 Å². The van der Waals surface area contributed by atoms with Crippen LogP contribution < -0.4 is 0 Å². The van der Waals surface area contributed by atoms with Gasteiger partial charge in [0.25, 0.3) is 0 Å². The third-order valence-corrected chi connectivity index (χ3v) is 1.98. The molecule has 0 spiro atoms. The van der Waals surface area contributed by atoms with Gasteiger partial charge < -0.3 is 9.26 Å². The fourth-order valence-electron chi connectivity index (χ4n) is 1.33. The van der Waals surface area contributed by atoms with Crippen LogP contribution in [0, 0.1) is 0 Å². The topological polar surface area (TPSA) is 85.5 Å². The van der Waals surface area contributed by atoms with Gasteiger partial charge in [0.05, 0.1) is 13.1 Å². The molecule has 0 radical (unpaired) electrons. The number of rotatable bonds is 3. The van der Waals surface area contributed by atoms with Gasteiger partial charge in [-0.15, -0.1) is 0 Å². The SMILES string of the molecule is O=C1CN(CCc2ncno2)CC(=O)O1. The number of carbonyl (C=O) groups is 2. The van der Waals surface area contributed by atoms with Gasteiger partial charge in [-0.2, -0.15) is 4.98 Å². The smallest absolute Gasteiger partial charge is 0.327 e. The number of ether oxygens (including phenoxy) is 1. The Morgan fingerprint density at radius 1 is 1.33 bits per heavy atom. The Labute approximate surface area is 85.0 Å². The minimum atomic E-state index is -0.517. The fourth-order valence-corrected chi connectivity index (χ4v) is 1.33. The van der Waals surface area contributed by atoms with Gasteiger partial charge in [-0.1, -0.05) is 5.16 Å². The Hall–Kier alpha value is -1.76. The van der Waals surface area contributed by atoms with E-state index in [-0.39, 0.29) is 13.1 Å². The first kappa shape index (κ1) is 9.78. The highest BCUT2D eigenvalue weighted by Gasteiger charge is 2.24. The predicted molar refractivity (Wildman–Crippen MR) is 45.5 cm³/mol. The first-order chi connectivity index (χ1) is 7.24. The molecule has 0 N–H and O–H groups in total. The summed E-state index contributed by atoms with van der Waals surface area (Å²) in [6.45, 7) is 0.767. The van der Waals surface area contributed by atoms with E-state index in [1.54, 1.807) is 4.90 Å². The number of aromatic nitrogens is 2. The van der Waals surface area contributed by atoms with Crippen LogP contribution in [0.1, 0.15) is 5.89 Å². The van der Waals surface area contributed by atoms with Crippen LogP contribution in [0.2, 0.25) is 0 Å². The summed E-state index contributed by atoms with van der Waals surface area (Å²) in [6, 6.07) is 0. The summed E-state index contributed by atoms with van der Waals surface area (Å²) in [5, 5.41) is 3.45. The maximum Gasteiger partial charge on any atom is 0.327 e. The summed E-state index contributed by atoms with van der Waals surface area (Å²) in [5.74, 6) is -0.546. The van der Waals surface area contributed by atoms with Crippen LogP contribution in [-0.2, 0) is 20.7 Å². The number of hydrogen-bond acceptors (Lipinski definition) is 7. The molecule has 2 rings (SSSR count). The fraction of sp³-hybridized carbons (Fsp3) is 0.500. The summed E-state index contributed by atoms with van der Waals surface area (Å²) in [5.41, 5.74) is 0. The molecule has 80 valence electrons. The molecule has 0 saturated carbocycles. The van der Waals surface area contributed by atoms with Gasteiger partial charge >= 0.3 is 11.9 Å². The molecular formula is C8H9N3O4. The molecule has 15 heavy (non-hydrogen) atoms. The molecule has 0 bridgehead atoms. The Morgan fingerprint density at radius 3 is 2.67 bits per heavy atom. The van der Waals surface area contributed by atoms with Crippen LogP contribution >= 0.6 is 0 Å². The molecule has 0 aliphatic carbocycles. The molecule has 0 unspecified atom stereocenters. The van der Waals surface area contributed by atoms with Crippen molar-refractivity contribution in [3.63, 3.8) is 0 Å². The summed E-state index contributed by atoms with van der Waals surface area (Å²) in [4.78, 5) is 27.3. The zero-order valence-electron chi connectivity index (χ0n) is 7.88. The summed E-state index contributed by atoms with van der Waals surface area (Å²) >= 11 is 0. The van der Waals surface area contributed by atoms with Gasteiger partial charge in [0, 0.05) is 13.0 Å². The van der Waals surface area contributed by atoms with Crippen LogP contribution in [0.4, 0.5) is 0 Å². The molecule has 1 fully saturated rings. The lowest BCUT2D eigenvalue weighted by molar-refractivity contribution is -0.166. The zero-order valence-corrected chi connectivity index (χ0v) is 7.88. The van der Waals surface area contributed by atoms with Gasteiger partial charge in [0.2, 0.25) is 5.89 Å². The monoisotopic (exact) mass is 211 g/mol. The lowest BCUT2D eigenvalue weighted by Crippen LogP contribution is -2.43. The second kappa shape index (κ2) is 4.18. The van der Waals surface area contributed by atoms with Crippen LogP contribution in [0.3, 0.4) is 0 Å². The van der Waals surface area contributed by atoms with Gasteiger partial charge in [0.15, 0.2) is 6.33 Å². The molecule has 1 saturated heterocycles. The number of morpholine rings is 1. The Kier molecular flexibility index (Phi) is 2.72. The molecule has 7 nitrogen and oxygen atoms in total. The Bertz CT molecular complexity index is 346. The molecule has 0 amide bonds. The van der Waals surface area contributed by atoms with E-state index in [1.165, 1.54) is 6.33 Å². The van der Waals surface area contributed by atoms with Gasteiger partial charge in [-0.05, 0) is 0 Å². The standard InChI is InChI=1S/C8H9N3O4/c12-7-3-11(4-8(13)14-7)2-1-6-9-5-10-15-6/h5H,1-4H2. The average Bonchev–Trinajstić information content (AvgIpc) is 2.65. The van der Waals surface area contributed by atoms with E-state index in [0.29, 0.717) is 18.9 Å². The van der Waals surface area contributed by atoms with E-state index in [9.17, 15) is 9.59 Å². The Morgan fingerprint density at radius 2 is 2.07 bits per heavy atom. The lowest BCUT2D eigenvalue weighted by Gasteiger charge is -2.23. The van der Waals surface area contributed by atoms with Crippen LogP contribution in [0.15, 0.2) is 10.9 Å². The third-order valence-electron chi connectivity index (χ3n) is 1.98. The highest BCUT2D eigenvalue weighted by molar-refractivity contribution is 5.90. The molecule has 1 aromatic heterocycles. The van der Waals surface area contributed by atoms with Crippen molar-refractivity contribution in [2.75, 3.05) is 19.6 Å². The van der Waals surface area contributed by atoms with E-state index < -0.39 is 11.9 Å². The molecule has 2 heterocycles. The molecule has 7 heteroatoms. The van der Waals surface area contributed by atoms with E-state index >= 15 is 0 Å². The van der Waals surface area contributed by atoms with Crippen LogP contribution in [0.25, 0.3) is 0 Å². The number of nitrogens with zero attached hydrogens (tertiary/aromatic N) is 3. The minimum Gasteiger partial charge on any atom is -0.391 e. The van der Waals surface area contributed by atoms with Crippen LogP contribution in [0.5, 0.6) is 0 Å². The zero-order chi connectivity index (χ0) is 10.7. The number of carbonyl (C=O) groups excluding carboxylic acids is 2. The maximum atomic E-state index is 10.9. The number of esters is 2. The average molecular weight is 211 g/mol. The normalized spacial score (nSPS) is 17.9. The molecule has 1 aromatic rings.